The van der Waals surface area contributed by atoms with Crippen LogP contribution in [-0.4, -0.2) is 40.7 Å². The Labute approximate surface area is 188 Å². The highest BCUT2D eigenvalue weighted by Gasteiger charge is 2.22. The van der Waals surface area contributed by atoms with Gasteiger partial charge < -0.3 is 15.5 Å². The minimum atomic E-state index is 0.354. The van der Waals surface area contributed by atoms with E-state index in [1.54, 1.807) is 11.8 Å². The van der Waals surface area contributed by atoms with E-state index < -0.39 is 0 Å². The summed E-state index contributed by atoms with van der Waals surface area (Å²) in [5.41, 5.74) is 1.02. The first-order valence-electron chi connectivity index (χ1n) is 9.50. The number of nitrogens with zero attached hydrogens (tertiary/aromatic N) is 3. The van der Waals surface area contributed by atoms with Gasteiger partial charge in [-0.25, -0.2) is 0 Å². The predicted octanol–water partition coefficient (Wildman–Crippen LogP) is 5.07. The van der Waals surface area contributed by atoms with E-state index in [0.717, 1.165) is 52.7 Å². The number of aromatic nitrogens is 2. The van der Waals surface area contributed by atoms with E-state index in [1.165, 1.54) is 4.90 Å². The second-order valence-electron chi connectivity index (χ2n) is 6.99. The third-order valence-electron chi connectivity index (χ3n) is 5.06. The number of fused-ring (bicyclic) bond motifs is 1. The van der Waals surface area contributed by atoms with Gasteiger partial charge in [-0.05, 0) is 67.7 Å². The average Bonchev–Trinajstić information content (AvgIpc) is 2.73. The summed E-state index contributed by atoms with van der Waals surface area (Å²) in [7, 11) is 0. The second-order valence-corrected chi connectivity index (χ2v) is 9.20. The van der Waals surface area contributed by atoms with Gasteiger partial charge in [0.2, 0.25) is 0 Å². The van der Waals surface area contributed by atoms with Crippen molar-refractivity contribution >= 4 is 67.3 Å². The minimum absolute atomic E-state index is 0.354. The molecule has 4 rings (SSSR count). The number of hydrogen-bond donors (Lipinski definition) is 2. The summed E-state index contributed by atoms with van der Waals surface area (Å²) in [6.45, 7) is 1.85. The number of nitrogens with one attached hydrogen (secondary N) is 2. The van der Waals surface area contributed by atoms with Crippen LogP contribution in [0.15, 0.2) is 58.0 Å². The smallest absolute Gasteiger partial charge is 0.170 e. The van der Waals surface area contributed by atoms with Crippen molar-refractivity contribution in [3.63, 3.8) is 0 Å². The number of anilines is 2. The molecule has 150 valence electrons. The Morgan fingerprint density at radius 1 is 1.21 bits per heavy atom. The molecule has 2 heterocycles. The topological polar surface area (TPSA) is 53.1 Å². The molecule has 0 bridgehead atoms. The number of halogens is 1. The van der Waals surface area contributed by atoms with Crippen molar-refractivity contribution in [2.24, 2.45) is 0 Å². The summed E-state index contributed by atoms with van der Waals surface area (Å²) >= 11 is 10.8. The minimum Gasteiger partial charge on any atom is -0.360 e. The van der Waals surface area contributed by atoms with Crippen LogP contribution >= 0.6 is 39.9 Å². The number of rotatable bonds is 4. The van der Waals surface area contributed by atoms with Crippen LogP contribution in [0.25, 0.3) is 10.8 Å². The van der Waals surface area contributed by atoms with Gasteiger partial charge in [-0.2, -0.15) is 5.10 Å². The quantitative estimate of drug-likeness (QED) is 0.393. The average molecular weight is 488 g/mol. The Morgan fingerprint density at radius 3 is 2.83 bits per heavy atom. The van der Waals surface area contributed by atoms with Crippen LogP contribution in [0, 0.1) is 0 Å². The molecule has 5 nitrogen and oxygen atoms in total. The van der Waals surface area contributed by atoms with Gasteiger partial charge in [-0.3, -0.25) is 0 Å². The van der Waals surface area contributed by atoms with Crippen LogP contribution in [0.1, 0.15) is 12.8 Å². The van der Waals surface area contributed by atoms with Crippen LogP contribution < -0.4 is 15.5 Å². The highest BCUT2D eigenvalue weighted by atomic mass is 79.9. The second kappa shape index (κ2) is 9.28. The van der Waals surface area contributed by atoms with Crippen LogP contribution in [-0.2, 0) is 0 Å². The Balaban J connectivity index is 1.35. The lowest BCUT2D eigenvalue weighted by atomic mass is 10.0. The molecule has 0 saturated carbocycles. The fourth-order valence-electron chi connectivity index (χ4n) is 3.57. The van der Waals surface area contributed by atoms with Crippen LogP contribution in [0.4, 0.5) is 11.5 Å². The maximum Gasteiger partial charge on any atom is 0.170 e. The van der Waals surface area contributed by atoms with Gasteiger partial charge in [0.1, 0.15) is 0 Å². The fourth-order valence-corrected chi connectivity index (χ4v) is 4.69. The molecular weight excluding hydrogens is 466 g/mol. The zero-order valence-electron chi connectivity index (χ0n) is 16.1. The van der Waals surface area contributed by atoms with Crippen LogP contribution in [0.3, 0.4) is 0 Å². The molecule has 0 atom stereocenters. The number of thiocarbonyl (C=S) groups is 1. The normalized spacial score (nSPS) is 14.8. The van der Waals surface area contributed by atoms with E-state index in [2.05, 4.69) is 78.2 Å². The van der Waals surface area contributed by atoms with Crippen molar-refractivity contribution in [3.05, 3.63) is 53.1 Å². The Kier molecular flexibility index (Phi) is 6.52. The summed E-state index contributed by atoms with van der Waals surface area (Å²) in [6, 6.07) is 14.9. The standard InChI is InChI=1S/C21H22BrN5S2/c1-29-18-4-2-3-17(12-18)25-21(28)24-16-7-9-27(10-8-16)20-19-6-5-15(22)11-14(19)13-23-26-20/h2-6,11-13,16H,7-10H2,1H3,(H2,24,25,28). The highest BCUT2D eigenvalue weighted by Crippen LogP contribution is 2.28. The molecule has 0 spiro atoms. The Morgan fingerprint density at radius 2 is 2.03 bits per heavy atom. The molecule has 1 saturated heterocycles. The van der Waals surface area contributed by atoms with Gasteiger partial charge in [0, 0.05) is 45.0 Å². The van der Waals surface area contributed by atoms with E-state index in [9.17, 15) is 0 Å². The van der Waals surface area contributed by atoms with Crippen molar-refractivity contribution in [1.82, 2.24) is 15.5 Å². The molecule has 0 unspecified atom stereocenters. The van der Waals surface area contributed by atoms with E-state index in [-0.39, 0.29) is 0 Å². The van der Waals surface area contributed by atoms with Gasteiger partial charge in [-0.1, -0.05) is 22.0 Å². The molecule has 1 aliphatic rings. The fraction of sp³-hybridized carbons (Fsp3) is 0.286. The predicted molar refractivity (Wildman–Crippen MR) is 130 cm³/mol. The van der Waals surface area contributed by atoms with Crippen molar-refractivity contribution in [1.29, 1.82) is 0 Å². The molecule has 0 aliphatic carbocycles. The zero-order valence-corrected chi connectivity index (χ0v) is 19.3. The summed E-state index contributed by atoms with van der Waals surface area (Å²) in [4.78, 5) is 3.54. The summed E-state index contributed by atoms with van der Waals surface area (Å²) in [6.07, 6.45) is 5.89. The number of benzene rings is 2. The molecule has 0 amide bonds. The molecule has 3 aromatic rings. The lowest BCUT2D eigenvalue weighted by Gasteiger charge is -2.34. The maximum absolute atomic E-state index is 5.53. The largest absolute Gasteiger partial charge is 0.360 e. The van der Waals surface area contributed by atoms with Crippen molar-refractivity contribution in [2.75, 3.05) is 29.6 Å². The van der Waals surface area contributed by atoms with Gasteiger partial charge in [0.25, 0.3) is 0 Å². The molecular formula is C21H22BrN5S2. The molecule has 2 aromatic carbocycles. The van der Waals surface area contributed by atoms with Crippen LogP contribution in [0.5, 0.6) is 0 Å². The maximum atomic E-state index is 5.53. The van der Waals surface area contributed by atoms with Gasteiger partial charge in [-0.15, -0.1) is 16.9 Å². The molecule has 29 heavy (non-hydrogen) atoms. The first kappa shape index (κ1) is 20.4. The third kappa shape index (κ3) is 4.99. The van der Waals surface area contributed by atoms with Gasteiger partial charge in [0.15, 0.2) is 10.9 Å². The molecule has 1 aliphatic heterocycles. The highest BCUT2D eigenvalue weighted by molar-refractivity contribution is 9.10. The van der Waals surface area contributed by atoms with E-state index in [4.69, 9.17) is 12.2 Å². The van der Waals surface area contributed by atoms with Crippen molar-refractivity contribution in [3.8, 4) is 0 Å². The van der Waals surface area contributed by atoms with E-state index >= 15 is 0 Å². The van der Waals surface area contributed by atoms with Crippen LogP contribution in [0.2, 0.25) is 0 Å². The SMILES string of the molecule is CSc1cccc(NC(=S)NC2CCN(c3nncc4cc(Br)ccc34)CC2)c1. The Hall–Kier alpha value is -1.90. The lowest BCUT2D eigenvalue weighted by molar-refractivity contribution is 0.466. The third-order valence-corrected chi connectivity index (χ3v) is 6.50. The summed E-state index contributed by atoms with van der Waals surface area (Å²) < 4.78 is 1.05. The Bertz CT molecular complexity index is 1020. The van der Waals surface area contributed by atoms with Crippen molar-refractivity contribution < 1.29 is 0 Å². The van der Waals surface area contributed by atoms with Crippen molar-refractivity contribution in [2.45, 2.75) is 23.8 Å². The number of hydrogen-bond acceptors (Lipinski definition) is 5. The van der Waals surface area contributed by atoms with E-state index in [1.807, 2.05) is 18.3 Å². The summed E-state index contributed by atoms with van der Waals surface area (Å²) in [5.74, 6) is 0.961. The monoisotopic (exact) mass is 487 g/mol. The molecule has 2 N–H and O–H groups in total. The molecule has 1 aromatic heterocycles. The van der Waals surface area contributed by atoms with Gasteiger partial charge >= 0.3 is 0 Å². The summed E-state index contributed by atoms with van der Waals surface area (Å²) in [5, 5.41) is 18.3. The molecule has 8 heteroatoms. The zero-order chi connectivity index (χ0) is 20.2. The number of piperidine rings is 1. The van der Waals surface area contributed by atoms with Gasteiger partial charge in [0.05, 0.1) is 6.20 Å². The molecule has 0 radical (unpaired) electrons. The molecule has 1 fully saturated rings. The lowest BCUT2D eigenvalue weighted by Crippen LogP contribution is -2.46. The van der Waals surface area contributed by atoms with E-state index in [0.29, 0.717) is 11.2 Å². The first-order valence-corrected chi connectivity index (χ1v) is 11.9. The first-order chi connectivity index (χ1) is 14.1. The number of thioether (sulfide) groups is 1.